The summed E-state index contributed by atoms with van der Waals surface area (Å²) >= 11 is 0. The summed E-state index contributed by atoms with van der Waals surface area (Å²) in [5, 5.41) is 0. The topological polar surface area (TPSA) is 41.7 Å². The van der Waals surface area contributed by atoms with Gasteiger partial charge in [0.1, 0.15) is 11.6 Å². The minimum atomic E-state index is -0.585. The minimum Gasteiger partial charge on any atom is -0.494 e. The number of nitrogens with two attached hydrogens (primary N) is 1. The number of allylic oxidation sites excluding steroid dienone is 1. The summed E-state index contributed by atoms with van der Waals surface area (Å²) in [5.41, 5.74) is 8.63. The lowest BCUT2D eigenvalue weighted by atomic mass is 9.84. The van der Waals surface area contributed by atoms with E-state index in [1.807, 2.05) is 11.8 Å². The average Bonchev–Trinajstić information content (AvgIpc) is 2.84. The Hall–Kier alpha value is -2.51. The molecule has 0 spiro atoms. The zero-order chi connectivity index (χ0) is 24.2. The molecule has 0 bridgehead atoms. The van der Waals surface area contributed by atoms with Crippen LogP contribution < -0.4 is 10.5 Å². The van der Waals surface area contributed by atoms with Gasteiger partial charge in [-0.2, -0.15) is 0 Å². The van der Waals surface area contributed by atoms with Crippen molar-refractivity contribution in [1.82, 2.24) is 9.80 Å². The molecule has 2 aromatic rings. The number of methoxy groups -OCH3 is 1. The zero-order valence-corrected chi connectivity index (χ0v) is 20.0. The number of hydrogen-bond donors (Lipinski definition) is 1. The molecule has 1 aliphatic heterocycles. The van der Waals surface area contributed by atoms with Crippen molar-refractivity contribution in [2.24, 2.45) is 11.7 Å². The van der Waals surface area contributed by atoms with Crippen LogP contribution in [0.5, 0.6) is 5.75 Å². The van der Waals surface area contributed by atoms with Crippen LogP contribution >= 0.6 is 0 Å². The average molecular weight is 474 g/mol. The third-order valence-electron chi connectivity index (χ3n) is 7.31. The number of nitrogens with zero attached hydrogens (tertiary/aromatic N) is 2. The second kappa shape index (κ2) is 10.8. The van der Waals surface area contributed by atoms with E-state index in [1.54, 1.807) is 18.2 Å². The number of hydrogen-bond acceptors (Lipinski definition) is 4. The van der Waals surface area contributed by atoms with E-state index in [4.69, 9.17) is 10.5 Å². The van der Waals surface area contributed by atoms with Crippen LogP contribution in [-0.4, -0.2) is 42.7 Å². The van der Waals surface area contributed by atoms with Gasteiger partial charge < -0.3 is 15.4 Å². The first kappa shape index (κ1) is 24.6. The van der Waals surface area contributed by atoms with Gasteiger partial charge in [-0.3, -0.25) is 4.90 Å². The predicted octanol–water partition coefficient (Wildman–Crippen LogP) is 5.53. The Morgan fingerprint density at radius 1 is 1.03 bits per heavy atom. The molecule has 7 heteroatoms. The SMILES string of the molecule is COc1cccc(C2=C(C)N(Cc3c(F)cccc3F)CN(C[C@H](N)C3CCCCC3)C2)c1F. The highest BCUT2D eigenvalue weighted by molar-refractivity contribution is 5.71. The van der Waals surface area contributed by atoms with Gasteiger partial charge in [0.05, 0.1) is 13.8 Å². The van der Waals surface area contributed by atoms with Crippen LogP contribution in [0.2, 0.25) is 0 Å². The van der Waals surface area contributed by atoms with E-state index in [9.17, 15) is 8.78 Å². The van der Waals surface area contributed by atoms with Gasteiger partial charge in [-0.1, -0.05) is 37.5 Å². The largest absolute Gasteiger partial charge is 0.494 e. The van der Waals surface area contributed by atoms with Crippen molar-refractivity contribution in [2.45, 2.75) is 51.6 Å². The van der Waals surface area contributed by atoms with Gasteiger partial charge >= 0.3 is 0 Å². The highest BCUT2D eigenvalue weighted by atomic mass is 19.1. The van der Waals surface area contributed by atoms with Crippen molar-refractivity contribution in [1.29, 1.82) is 0 Å². The normalized spacial score (nSPS) is 18.9. The first-order valence-corrected chi connectivity index (χ1v) is 12.1. The molecule has 1 aliphatic carbocycles. The maximum atomic E-state index is 15.3. The van der Waals surface area contributed by atoms with E-state index in [0.717, 1.165) is 24.1 Å². The maximum absolute atomic E-state index is 15.3. The van der Waals surface area contributed by atoms with Gasteiger partial charge in [-0.05, 0) is 49.5 Å². The van der Waals surface area contributed by atoms with E-state index in [1.165, 1.54) is 44.6 Å². The quantitative estimate of drug-likeness (QED) is 0.575. The number of ether oxygens (including phenoxy) is 1. The van der Waals surface area contributed by atoms with Crippen molar-refractivity contribution < 1.29 is 17.9 Å². The number of rotatable bonds is 7. The smallest absolute Gasteiger partial charge is 0.172 e. The molecule has 0 unspecified atom stereocenters. The standard InChI is InChI=1S/C27H34F3N3O/c1-18-21(20-10-6-13-26(34-2)27(20)30)14-32(16-25(31)19-8-4-3-5-9-19)17-33(18)15-22-23(28)11-7-12-24(22)29/h6-7,10-13,19,25H,3-5,8-9,14-17,31H2,1-2H3/t25-/m0/s1. The molecule has 2 aliphatic rings. The molecule has 0 saturated heterocycles. The second-order valence-electron chi connectivity index (χ2n) is 9.50. The maximum Gasteiger partial charge on any atom is 0.172 e. The molecule has 1 heterocycles. The lowest BCUT2D eigenvalue weighted by molar-refractivity contribution is 0.130. The van der Waals surface area contributed by atoms with Crippen LogP contribution in [0.25, 0.3) is 5.57 Å². The molecule has 1 fully saturated rings. The lowest BCUT2D eigenvalue weighted by Crippen LogP contribution is -2.49. The lowest BCUT2D eigenvalue weighted by Gasteiger charge is -2.41. The molecule has 184 valence electrons. The van der Waals surface area contributed by atoms with E-state index in [-0.39, 0.29) is 23.9 Å². The summed E-state index contributed by atoms with van der Waals surface area (Å²) < 4.78 is 49.4. The van der Waals surface area contributed by atoms with Crippen LogP contribution in [0.4, 0.5) is 13.2 Å². The monoisotopic (exact) mass is 473 g/mol. The molecule has 34 heavy (non-hydrogen) atoms. The van der Waals surface area contributed by atoms with E-state index >= 15 is 4.39 Å². The Labute approximate surface area is 200 Å². The molecule has 0 amide bonds. The van der Waals surface area contributed by atoms with Gasteiger partial charge in [-0.25, -0.2) is 13.2 Å². The third kappa shape index (κ3) is 5.26. The Morgan fingerprint density at radius 2 is 1.71 bits per heavy atom. The van der Waals surface area contributed by atoms with Crippen molar-refractivity contribution >= 4 is 5.57 Å². The second-order valence-corrected chi connectivity index (χ2v) is 9.50. The fourth-order valence-corrected chi connectivity index (χ4v) is 5.28. The zero-order valence-electron chi connectivity index (χ0n) is 20.0. The molecule has 1 saturated carbocycles. The molecule has 1 atom stereocenters. The van der Waals surface area contributed by atoms with E-state index in [0.29, 0.717) is 31.2 Å². The molecule has 0 aromatic heterocycles. The molecule has 4 nitrogen and oxygen atoms in total. The first-order valence-electron chi connectivity index (χ1n) is 12.1. The van der Waals surface area contributed by atoms with Gasteiger partial charge in [0.25, 0.3) is 0 Å². The van der Waals surface area contributed by atoms with Crippen LogP contribution in [-0.2, 0) is 6.54 Å². The van der Waals surface area contributed by atoms with Crippen LogP contribution in [0.3, 0.4) is 0 Å². The predicted molar refractivity (Wildman–Crippen MR) is 128 cm³/mol. The first-order chi connectivity index (χ1) is 16.4. The van der Waals surface area contributed by atoms with Crippen LogP contribution in [0, 0.1) is 23.4 Å². The van der Waals surface area contributed by atoms with Crippen molar-refractivity contribution in [3.8, 4) is 5.75 Å². The van der Waals surface area contributed by atoms with Gasteiger partial charge in [-0.15, -0.1) is 0 Å². The van der Waals surface area contributed by atoms with Crippen LogP contribution in [0.15, 0.2) is 42.1 Å². The Balaban J connectivity index is 1.66. The molecular formula is C27H34F3N3O. The Kier molecular flexibility index (Phi) is 7.84. The van der Waals surface area contributed by atoms with Crippen molar-refractivity contribution in [2.75, 3.05) is 26.9 Å². The summed E-state index contributed by atoms with van der Waals surface area (Å²) in [5.74, 6) is -0.971. The molecule has 2 N–H and O–H groups in total. The van der Waals surface area contributed by atoms with Gasteiger partial charge in [0, 0.05) is 42.5 Å². The Bertz CT molecular complexity index is 1020. The summed E-state index contributed by atoms with van der Waals surface area (Å²) in [6, 6.07) is 8.96. The fourth-order valence-electron chi connectivity index (χ4n) is 5.28. The fraction of sp³-hybridized carbons (Fsp3) is 0.481. The summed E-state index contributed by atoms with van der Waals surface area (Å²) in [7, 11) is 1.44. The molecule has 2 aromatic carbocycles. The molecular weight excluding hydrogens is 439 g/mol. The molecule has 0 radical (unpaired) electrons. The van der Waals surface area contributed by atoms with E-state index in [2.05, 4.69) is 4.90 Å². The highest BCUT2D eigenvalue weighted by Crippen LogP contribution is 2.34. The summed E-state index contributed by atoms with van der Waals surface area (Å²) in [6.07, 6.45) is 5.93. The Morgan fingerprint density at radius 3 is 2.38 bits per heavy atom. The van der Waals surface area contributed by atoms with E-state index < -0.39 is 17.5 Å². The van der Waals surface area contributed by atoms with Gasteiger partial charge in [0.15, 0.2) is 11.6 Å². The number of halogens is 3. The number of benzene rings is 2. The summed E-state index contributed by atoms with van der Waals surface area (Å²) in [4.78, 5) is 4.08. The van der Waals surface area contributed by atoms with Gasteiger partial charge in [0.2, 0.25) is 0 Å². The summed E-state index contributed by atoms with van der Waals surface area (Å²) in [6.45, 7) is 3.55. The van der Waals surface area contributed by atoms with Crippen molar-refractivity contribution in [3.63, 3.8) is 0 Å². The highest BCUT2D eigenvalue weighted by Gasteiger charge is 2.30. The minimum absolute atomic E-state index is 0.00200. The third-order valence-corrected chi connectivity index (χ3v) is 7.31. The van der Waals surface area contributed by atoms with Crippen molar-refractivity contribution in [3.05, 3.63) is 70.7 Å². The van der Waals surface area contributed by atoms with Crippen LogP contribution in [0.1, 0.15) is 50.2 Å². The molecule has 4 rings (SSSR count).